The quantitative estimate of drug-likeness (QED) is 0.702. The molecule has 0 aromatic carbocycles. The first-order valence-electron chi connectivity index (χ1n) is 5.80. The highest BCUT2D eigenvalue weighted by Crippen LogP contribution is 2.21. The summed E-state index contributed by atoms with van der Waals surface area (Å²) in [7, 11) is 0. The molecule has 1 rings (SSSR count). The van der Waals surface area contributed by atoms with Gasteiger partial charge in [0.25, 0.3) is 0 Å². The summed E-state index contributed by atoms with van der Waals surface area (Å²) >= 11 is 0. The topological polar surface area (TPSA) is 55.6 Å². The van der Waals surface area contributed by atoms with Gasteiger partial charge in [-0.2, -0.15) is 0 Å². The first-order valence-corrected chi connectivity index (χ1v) is 5.80. The third kappa shape index (κ3) is 3.47. The molecule has 0 bridgehead atoms. The van der Waals surface area contributed by atoms with Gasteiger partial charge in [0.15, 0.2) is 0 Å². The van der Waals surface area contributed by atoms with E-state index in [2.05, 4.69) is 11.8 Å². The SMILES string of the molecule is CCOC(=O)CN1C(C)CCCC1CN. The van der Waals surface area contributed by atoms with E-state index in [1.54, 1.807) is 0 Å². The van der Waals surface area contributed by atoms with Crippen LogP contribution < -0.4 is 5.73 Å². The first-order chi connectivity index (χ1) is 7.19. The molecule has 0 radical (unpaired) electrons. The van der Waals surface area contributed by atoms with Crippen LogP contribution >= 0.6 is 0 Å². The Bertz CT molecular complexity index is 209. The van der Waals surface area contributed by atoms with Crippen LogP contribution in [-0.4, -0.2) is 42.6 Å². The van der Waals surface area contributed by atoms with Crippen molar-refractivity contribution in [3.8, 4) is 0 Å². The van der Waals surface area contributed by atoms with Crippen LogP contribution in [0.2, 0.25) is 0 Å². The highest BCUT2D eigenvalue weighted by molar-refractivity contribution is 5.71. The molecule has 0 aromatic rings. The molecular formula is C11H22N2O2. The van der Waals surface area contributed by atoms with Gasteiger partial charge in [-0.25, -0.2) is 0 Å². The fourth-order valence-electron chi connectivity index (χ4n) is 2.23. The summed E-state index contributed by atoms with van der Waals surface area (Å²) in [5.41, 5.74) is 5.71. The highest BCUT2D eigenvalue weighted by atomic mass is 16.5. The van der Waals surface area contributed by atoms with E-state index in [0.29, 0.717) is 31.8 Å². The van der Waals surface area contributed by atoms with Gasteiger partial charge in [-0.1, -0.05) is 6.42 Å². The first kappa shape index (κ1) is 12.5. The lowest BCUT2D eigenvalue weighted by Gasteiger charge is -2.39. The molecule has 2 unspecified atom stereocenters. The van der Waals surface area contributed by atoms with Gasteiger partial charge in [0, 0.05) is 18.6 Å². The zero-order valence-corrected chi connectivity index (χ0v) is 9.74. The van der Waals surface area contributed by atoms with E-state index in [1.807, 2.05) is 6.92 Å². The monoisotopic (exact) mass is 214 g/mol. The minimum atomic E-state index is -0.135. The van der Waals surface area contributed by atoms with Gasteiger partial charge >= 0.3 is 5.97 Å². The number of nitrogens with two attached hydrogens (primary N) is 1. The lowest BCUT2D eigenvalue weighted by Crippen LogP contribution is -2.51. The van der Waals surface area contributed by atoms with Crippen LogP contribution in [0, 0.1) is 0 Å². The molecule has 4 nitrogen and oxygen atoms in total. The maximum atomic E-state index is 11.4. The molecule has 4 heteroatoms. The van der Waals surface area contributed by atoms with E-state index in [0.717, 1.165) is 12.8 Å². The molecule has 15 heavy (non-hydrogen) atoms. The van der Waals surface area contributed by atoms with E-state index in [1.165, 1.54) is 6.42 Å². The fraction of sp³-hybridized carbons (Fsp3) is 0.909. The number of esters is 1. The van der Waals surface area contributed by atoms with Crippen molar-refractivity contribution >= 4 is 5.97 Å². The molecule has 1 aliphatic rings. The fourth-order valence-corrected chi connectivity index (χ4v) is 2.23. The van der Waals surface area contributed by atoms with Crippen LogP contribution in [0.3, 0.4) is 0 Å². The number of carbonyl (C=O) groups is 1. The van der Waals surface area contributed by atoms with Crippen LogP contribution in [0.4, 0.5) is 0 Å². The highest BCUT2D eigenvalue weighted by Gasteiger charge is 2.28. The van der Waals surface area contributed by atoms with Gasteiger partial charge in [-0.05, 0) is 26.7 Å². The Morgan fingerprint density at radius 1 is 1.53 bits per heavy atom. The minimum absolute atomic E-state index is 0.135. The molecule has 0 aromatic heterocycles. The number of hydrogen-bond donors (Lipinski definition) is 1. The minimum Gasteiger partial charge on any atom is -0.465 e. The molecular weight excluding hydrogens is 192 g/mol. The van der Waals surface area contributed by atoms with E-state index >= 15 is 0 Å². The summed E-state index contributed by atoms with van der Waals surface area (Å²) in [6.07, 6.45) is 3.46. The second-order valence-electron chi connectivity index (χ2n) is 4.15. The Kier molecular flexibility index (Phi) is 5.05. The van der Waals surface area contributed by atoms with Crippen LogP contribution in [0.1, 0.15) is 33.1 Å². The lowest BCUT2D eigenvalue weighted by atomic mass is 9.96. The number of ether oxygens (including phenoxy) is 1. The van der Waals surface area contributed by atoms with E-state index < -0.39 is 0 Å². The molecule has 2 N–H and O–H groups in total. The number of likely N-dealkylation sites (tertiary alicyclic amines) is 1. The number of piperidine rings is 1. The Morgan fingerprint density at radius 3 is 2.87 bits per heavy atom. The largest absolute Gasteiger partial charge is 0.465 e. The van der Waals surface area contributed by atoms with E-state index in [-0.39, 0.29) is 5.97 Å². The molecule has 1 aliphatic heterocycles. The van der Waals surface area contributed by atoms with Gasteiger partial charge in [0.2, 0.25) is 0 Å². The van der Waals surface area contributed by atoms with E-state index in [9.17, 15) is 4.79 Å². The average molecular weight is 214 g/mol. The second-order valence-corrected chi connectivity index (χ2v) is 4.15. The number of rotatable bonds is 4. The van der Waals surface area contributed by atoms with Crippen LogP contribution in [-0.2, 0) is 9.53 Å². The standard InChI is InChI=1S/C11H22N2O2/c1-3-15-11(14)8-13-9(2)5-4-6-10(13)7-12/h9-10H,3-8,12H2,1-2H3. The summed E-state index contributed by atoms with van der Waals surface area (Å²) in [4.78, 5) is 13.6. The van der Waals surface area contributed by atoms with Crippen molar-refractivity contribution in [3.63, 3.8) is 0 Å². The van der Waals surface area contributed by atoms with Gasteiger partial charge in [-0.15, -0.1) is 0 Å². The van der Waals surface area contributed by atoms with Crippen LogP contribution in [0.25, 0.3) is 0 Å². The summed E-state index contributed by atoms with van der Waals surface area (Å²) in [5, 5.41) is 0. The summed E-state index contributed by atoms with van der Waals surface area (Å²) in [6.45, 7) is 5.45. The van der Waals surface area contributed by atoms with Gasteiger partial charge < -0.3 is 10.5 Å². The molecule has 2 atom stereocenters. The van der Waals surface area contributed by atoms with E-state index in [4.69, 9.17) is 10.5 Å². The average Bonchev–Trinajstić information content (AvgIpc) is 2.21. The van der Waals surface area contributed by atoms with Crippen molar-refractivity contribution in [2.24, 2.45) is 5.73 Å². The number of hydrogen-bond acceptors (Lipinski definition) is 4. The Labute approximate surface area is 91.8 Å². The van der Waals surface area contributed by atoms with Crippen molar-refractivity contribution in [1.82, 2.24) is 4.90 Å². The maximum absolute atomic E-state index is 11.4. The van der Waals surface area contributed by atoms with Gasteiger partial charge in [0.1, 0.15) is 0 Å². The molecule has 0 aliphatic carbocycles. The molecule has 88 valence electrons. The van der Waals surface area contributed by atoms with Crippen LogP contribution in [0.15, 0.2) is 0 Å². The summed E-state index contributed by atoms with van der Waals surface area (Å²) in [5.74, 6) is -0.135. The molecule has 0 saturated carbocycles. The lowest BCUT2D eigenvalue weighted by molar-refractivity contribution is -0.146. The van der Waals surface area contributed by atoms with Crippen molar-refractivity contribution in [2.75, 3.05) is 19.7 Å². The molecule has 1 heterocycles. The second kappa shape index (κ2) is 6.08. The summed E-state index contributed by atoms with van der Waals surface area (Å²) < 4.78 is 4.96. The van der Waals surface area contributed by atoms with Gasteiger partial charge in [0.05, 0.1) is 13.2 Å². The predicted molar refractivity (Wildman–Crippen MR) is 59.5 cm³/mol. The van der Waals surface area contributed by atoms with Crippen molar-refractivity contribution < 1.29 is 9.53 Å². The molecule has 1 saturated heterocycles. The Balaban J connectivity index is 2.50. The summed E-state index contributed by atoms with van der Waals surface area (Å²) in [6, 6.07) is 0.787. The third-order valence-electron chi connectivity index (χ3n) is 3.08. The normalized spacial score (nSPS) is 27.7. The zero-order chi connectivity index (χ0) is 11.3. The van der Waals surface area contributed by atoms with Crippen LogP contribution in [0.5, 0.6) is 0 Å². The van der Waals surface area contributed by atoms with Gasteiger partial charge in [-0.3, -0.25) is 9.69 Å². The van der Waals surface area contributed by atoms with Crippen molar-refractivity contribution in [2.45, 2.75) is 45.2 Å². The molecule has 1 fully saturated rings. The molecule has 0 amide bonds. The Hall–Kier alpha value is -0.610. The predicted octanol–water partition coefficient (Wildman–Crippen LogP) is 0.751. The maximum Gasteiger partial charge on any atom is 0.320 e. The van der Waals surface area contributed by atoms with Crippen molar-refractivity contribution in [3.05, 3.63) is 0 Å². The zero-order valence-electron chi connectivity index (χ0n) is 9.74. The van der Waals surface area contributed by atoms with Crippen molar-refractivity contribution in [1.29, 1.82) is 0 Å². The smallest absolute Gasteiger partial charge is 0.320 e. The number of carbonyl (C=O) groups excluding carboxylic acids is 1. The third-order valence-corrected chi connectivity index (χ3v) is 3.08. The molecule has 0 spiro atoms. The Morgan fingerprint density at radius 2 is 2.27 bits per heavy atom. The number of nitrogens with zero attached hydrogens (tertiary/aromatic N) is 1.